The maximum atomic E-state index is 3.89. The molecule has 0 saturated heterocycles. The van der Waals surface area contributed by atoms with Crippen LogP contribution >= 0.6 is 15.9 Å². The van der Waals surface area contributed by atoms with Gasteiger partial charge in [-0.05, 0) is 30.7 Å². The molecular weight excluding hydrogens is 248 g/mol. The van der Waals surface area contributed by atoms with Crippen molar-refractivity contribution in [2.24, 2.45) is 5.41 Å². The fraction of sp³-hybridized carbons (Fsp3) is 0.571. The molecule has 1 saturated carbocycles. The molecule has 15 heavy (non-hydrogen) atoms. The first kappa shape index (κ1) is 11.2. The third-order valence-electron chi connectivity index (χ3n) is 3.73. The van der Waals surface area contributed by atoms with E-state index in [1.54, 1.807) is 0 Å². The predicted molar refractivity (Wildman–Crippen MR) is 69.4 cm³/mol. The molecule has 2 rings (SSSR count). The summed E-state index contributed by atoms with van der Waals surface area (Å²) < 4.78 is 0. The van der Waals surface area contributed by atoms with E-state index < -0.39 is 0 Å². The van der Waals surface area contributed by atoms with Gasteiger partial charge >= 0.3 is 0 Å². The second-order valence-electron chi connectivity index (χ2n) is 5.13. The van der Waals surface area contributed by atoms with Gasteiger partial charge in [-0.2, -0.15) is 0 Å². The molecule has 82 valence electrons. The molecule has 0 aliphatic heterocycles. The third kappa shape index (κ3) is 2.28. The van der Waals surface area contributed by atoms with Crippen molar-refractivity contribution in [3.63, 3.8) is 0 Å². The van der Waals surface area contributed by atoms with Gasteiger partial charge in [-0.15, -0.1) is 0 Å². The molecule has 0 aromatic heterocycles. The monoisotopic (exact) mass is 266 g/mol. The highest BCUT2D eigenvalue weighted by Crippen LogP contribution is 2.51. The fourth-order valence-electron chi connectivity index (χ4n) is 2.57. The smallest absolute Gasteiger partial charge is 0.0448 e. The first-order valence-corrected chi connectivity index (χ1v) is 6.74. The van der Waals surface area contributed by atoms with Gasteiger partial charge in [-0.3, -0.25) is 0 Å². The number of benzene rings is 1. The van der Waals surface area contributed by atoms with E-state index in [-0.39, 0.29) is 0 Å². The maximum Gasteiger partial charge on any atom is 0.0448 e. The van der Waals surface area contributed by atoms with Crippen LogP contribution < -0.4 is 0 Å². The van der Waals surface area contributed by atoms with Crippen LogP contribution in [0.25, 0.3) is 0 Å². The number of alkyl halides is 1. The van der Waals surface area contributed by atoms with Gasteiger partial charge in [-0.1, -0.05) is 65.5 Å². The lowest BCUT2D eigenvalue weighted by Crippen LogP contribution is -2.17. The van der Waals surface area contributed by atoms with Gasteiger partial charge in [-0.25, -0.2) is 0 Å². The summed E-state index contributed by atoms with van der Waals surface area (Å²) >= 11 is 3.89. The summed E-state index contributed by atoms with van der Waals surface area (Å²) in [6.45, 7) is 4.56. The molecule has 0 radical (unpaired) electrons. The SMILES string of the molecule is Cc1ccc(C(Br)C2(C)CCCC2)cc1. The lowest BCUT2D eigenvalue weighted by Gasteiger charge is -2.30. The Bertz CT molecular complexity index is 320. The van der Waals surface area contributed by atoms with Crippen molar-refractivity contribution in [1.29, 1.82) is 0 Å². The first-order chi connectivity index (χ1) is 7.12. The number of rotatable bonds is 2. The second-order valence-corrected chi connectivity index (χ2v) is 6.05. The van der Waals surface area contributed by atoms with Crippen molar-refractivity contribution < 1.29 is 0 Å². The van der Waals surface area contributed by atoms with Crippen LogP contribution in [0.1, 0.15) is 48.6 Å². The molecule has 0 amide bonds. The first-order valence-electron chi connectivity index (χ1n) is 5.82. The summed E-state index contributed by atoms with van der Waals surface area (Å²) in [5.41, 5.74) is 3.25. The van der Waals surface area contributed by atoms with E-state index in [4.69, 9.17) is 0 Å². The van der Waals surface area contributed by atoms with Crippen molar-refractivity contribution in [3.8, 4) is 0 Å². The second kappa shape index (κ2) is 4.29. The Labute approximate surface area is 101 Å². The van der Waals surface area contributed by atoms with Crippen LogP contribution in [-0.2, 0) is 0 Å². The Hall–Kier alpha value is -0.300. The minimum Gasteiger partial charge on any atom is -0.0833 e. The van der Waals surface area contributed by atoms with E-state index in [1.807, 2.05) is 0 Å². The van der Waals surface area contributed by atoms with E-state index in [0.717, 1.165) is 0 Å². The Morgan fingerprint density at radius 1 is 1.13 bits per heavy atom. The molecule has 1 aliphatic carbocycles. The van der Waals surface area contributed by atoms with Crippen LogP contribution in [0.4, 0.5) is 0 Å². The quantitative estimate of drug-likeness (QED) is 0.660. The number of hydrogen-bond acceptors (Lipinski definition) is 0. The standard InChI is InChI=1S/C14H19Br/c1-11-5-7-12(8-6-11)13(15)14(2)9-3-4-10-14/h5-8,13H,3-4,9-10H2,1-2H3. The third-order valence-corrected chi connectivity index (χ3v) is 5.36. The van der Waals surface area contributed by atoms with Crippen molar-refractivity contribution >= 4 is 15.9 Å². The molecule has 1 fully saturated rings. The molecule has 0 bridgehead atoms. The zero-order valence-electron chi connectivity index (χ0n) is 9.59. The molecule has 1 aromatic rings. The van der Waals surface area contributed by atoms with Crippen LogP contribution in [-0.4, -0.2) is 0 Å². The van der Waals surface area contributed by atoms with Gasteiger partial charge in [0, 0.05) is 4.83 Å². The molecule has 1 aliphatic rings. The van der Waals surface area contributed by atoms with E-state index in [9.17, 15) is 0 Å². The van der Waals surface area contributed by atoms with Crippen molar-refractivity contribution in [2.45, 2.75) is 44.4 Å². The lowest BCUT2D eigenvalue weighted by molar-refractivity contribution is 0.331. The number of aryl methyl sites for hydroxylation is 1. The van der Waals surface area contributed by atoms with Crippen molar-refractivity contribution in [3.05, 3.63) is 35.4 Å². The molecule has 1 heteroatoms. The topological polar surface area (TPSA) is 0 Å². The maximum absolute atomic E-state index is 3.89. The minimum absolute atomic E-state index is 0.468. The zero-order chi connectivity index (χ0) is 10.9. The zero-order valence-corrected chi connectivity index (χ0v) is 11.2. The summed E-state index contributed by atoms with van der Waals surface area (Å²) in [5.74, 6) is 0. The molecule has 0 heterocycles. The number of hydrogen-bond donors (Lipinski definition) is 0. The Morgan fingerprint density at radius 2 is 1.67 bits per heavy atom. The summed E-state index contributed by atoms with van der Waals surface area (Å²) in [6.07, 6.45) is 5.50. The van der Waals surface area contributed by atoms with Crippen LogP contribution in [0.2, 0.25) is 0 Å². The van der Waals surface area contributed by atoms with Gasteiger partial charge in [0.1, 0.15) is 0 Å². The molecule has 1 unspecified atom stereocenters. The molecule has 1 atom stereocenters. The average Bonchev–Trinajstić information content (AvgIpc) is 2.67. The summed E-state index contributed by atoms with van der Waals surface area (Å²) in [4.78, 5) is 0.521. The molecule has 0 N–H and O–H groups in total. The molecule has 1 aromatic carbocycles. The molecule has 0 nitrogen and oxygen atoms in total. The Balaban J connectivity index is 2.19. The van der Waals surface area contributed by atoms with E-state index in [1.165, 1.54) is 36.8 Å². The fourth-order valence-corrected chi connectivity index (χ4v) is 3.34. The minimum atomic E-state index is 0.468. The largest absolute Gasteiger partial charge is 0.0833 e. The Morgan fingerprint density at radius 3 is 2.20 bits per heavy atom. The van der Waals surface area contributed by atoms with Gasteiger partial charge in [0.2, 0.25) is 0 Å². The summed E-state index contributed by atoms with van der Waals surface area (Å²) in [7, 11) is 0. The van der Waals surface area contributed by atoms with E-state index in [2.05, 4.69) is 54.0 Å². The predicted octanol–water partition coefficient (Wildman–Crippen LogP) is 5.01. The van der Waals surface area contributed by atoms with Crippen LogP contribution in [0.5, 0.6) is 0 Å². The van der Waals surface area contributed by atoms with Crippen molar-refractivity contribution in [1.82, 2.24) is 0 Å². The summed E-state index contributed by atoms with van der Waals surface area (Å²) in [6, 6.07) is 8.94. The van der Waals surface area contributed by atoms with Gasteiger partial charge in [0.15, 0.2) is 0 Å². The van der Waals surface area contributed by atoms with E-state index >= 15 is 0 Å². The van der Waals surface area contributed by atoms with Crippen LogP contribution in [0.15, 0.2) is 24.3 Å². The average molecular weight is 267 g/mol. The van der Waals surface area contributed by atoms with Gasteiger partial charge in [0.25, 0.3) is 0 Å². The molecular formula is C14H19Br. The van der Waals surface area contributed by atoms with Gasteiger partial charge in [0.05, 0.1) is 0 Å². The van der Waals surface area contributed by atoms with Crippen molar-refractivity contribution in [2.75, 3.05) is 0 Å². The Kier molecular flexibility index (Phi) is 3.20. The van der Waals surface area contributed by atoms with Crippen LogP contribution in [0.3, 0.4) is 0 Å². The summed E-state index contributed by atoms with van der Waals surface area (Å²) in [5, 5.41) is 0. The molecule has 0 spiro atoms. The highest BCUT2D eigenvalue weighted by molar-refractivity contribution is 9.09. The highest BCUT2D eigenvalue weighted by atomic mass is 79.9. The normalized spacial score (nSPS) is 21.5. The van der Waals surface area contributed by atoms with E-state index in [0.29, 0.717) is 10.2 Å². The number of halogens is 1. The highest BCUT2D eigenvalue weighted by Gasteiger charge is 2.36. The van der Waals surface area contributed by atoms with Gasteiger partial charge < -0.3 is 0 Å². The lowest BCUT2D eigenvalue weighted by atomic mass is 9.82. The van der Waals surface area contributed by atoms with Crippen LogP contribution in [0, 0.1) is 12.3 Å².